The van der Waals surface area contributed by atoms with E-state index in [4.69, 9.17) is 0 Å². The van der Waals surface area contributed by atoms with Gasteiger partial charge in [-0.15, -0.1) is 5.10 Å². The van der Waals surface area contributed by atoms with Gasteiger partial charge in [-0.2, -0.15) is 5.10 Å². The number of nitrogens with zero attached hydrogens (tertiary/aromatic N) is 2. The zero-order valence-electron chi connectivity index (χ0n) is 11.1. The molecule has 0 fully saturated rings. The van der Waals surface area contributed by atoms with E-state index < -0.39 is 17.2 Å². The van der Waals surface area contributed by atoms with Crippen LogP contribution in [0.25, 0.3) is 0 Å². The summed E-state index contributed by atoms with van der Waals surface area (Å²) >= 11 is 3.35. The fraction of sp³-hybridized carbons (Fsp3) is 0.0833. The summed E-state index contributed by atoms with van der Waals surface area (Å²) in [7, 11) is 0. The average molecular weight is 367 g/mol. The Labute approximate surface area is 132 Å². The monoisotopic (exact) mass is 366 g/mol. The van der Waals surface area contributed by atoms with E-state index in [9.17, 15) is 14.4 Å². The number of anilines is 1. The predicted molar refractivity (Wildman–Crippen MR) is 83.8 cm³/mol. The Bertz CT molecular complexity index is 813. The van der Waals surface area contributed by atoms with Crippen LogP contribution in [0.1, 0.15) is 5.56 Å². The minimum Gasteiger partial charge on any atom is -0.355 e. The SMILES string of the molecule is O=C(CNc1n[nH]c(=O)[nH]c1=O)N/N=C\c1ccccc1Br. The predicted octanol–water partition coefficient (Wildman–Crippen LogP) is -0.217. The van der Waals surface area contributed by atoms with E-state index in [1.54, 1.807) is 0 Å². The van der Waals surface area contributed by atoms with Crippen LogP contribution in [0.4, 0.5) is 5.82 Å². The summed E-state index contributed by atoms with van der Waals surface area (Å²) in [6.07, 6.45) is 1.48. The molecular weight excluding hydrogens is 356 g/mol. The number of rotatable bonds is 5. The van der Waals surface area contributed by atoms with Gasteiger partial charge in [-0.05, 0) is 6.07 Å². The highest BCUT2D eigenvalue weighted by molar-refractivity contribution is 9.10. The molecule has 0 saturated carbocycles. The molecular formula is C12H11BrN6O3. The summed E-state index contributed by atoms with van der Waals surface area (Å²) in [4.78, 5) is 35.6. The number of amides is 1. The number of nitrogens with one attached hydrogen (secondary N) is 4. The van der Waals surface area contributed by atoms with Crippen LogP contribution in [0.2, 0.25) is 0 Å². The van der Waals surface area contributed by atoms with Crippen LogP contribution in [0.15, 0.2) is 43.4 Å². The molecule has 114 valence electrons. The Morgan fingerprint density at radius 2 is 2.14 bits per heavy atom. The first-order valence-electron chi connectivity index (χ1n) is 6.05. The highest BCUT2D eigenvalue weighted by atomic mass is 79.9. The molecule has 0 unspecified atom stereocenters. The number of hydrogen-bond acceptors (Lipinski definition) is 6. The molecule has 2 rings (SSSR count). The van der Waals surface area contributed by atoms with E-state index in [0.29, 0.717) is 0 Å². The molecule has 0 spiro atoms. The lowest BCUT2D eigenvalue weighted by Gasteiger charge is -2.02. The van der Waals surface area contributed by atoms with Gasteiger partial charge in [0.15, 0.2) is 0 Å². The zero-order valence-corrected chi connectivity index (χ0v) is 12.7. The second-order valence-corrected chi connectivity index (χ2v) is 4.88. The van der Waals surface area contributed by atoms with Crippen LogP contribution in [0.3, 0.4) is 0 Å². The molecule has 0 bridgehead atoms. The third-order valence-corrected chi connectivity index (χ3v) is 3.15. The minimum absolute atomic E-state index is 0.162. The molecule has 1 aromatic carbocycles. The lowest BCUT2D eigenvalue weighted by atomic mass is 10.2. The number of hydrogen-bond donors (Lipinski definition) is 4. The van der Waals surface area contributed by atoms with Gasteiger partial charge in [-0.3, -0.25) is 14.6 Å². The molecule has 0 radical (unpaired) electrons. The summed E-state index contributed by atoms with van der Waals surface area (Å²) < 4.78 is 0.843. The normalized spacial score (nSPS) is 10.6. The quantitative estimate of drug-likeness (QED) is 0.429. The smallest absolute Gasteiger partial charge is 0.342 e. The van der Waals surface area contributed by atoms with Crippen molar-refractivity contribution in [3.63, 3.8) is 0 Å². The molecule has 2 aromatic rings. The fourth-order valence-electron chi connectivity index (χ4n) is 1.42. The second kappa shape index (κ2) is 7.31. The van der Waals surface area contributed by atoms with Gasteiger partial charge in [0.25, 0.3) is 11.5 Å². The number of carbonyl (C=O) groups excluding carboxylic acids is 1. The summed E-state index contributed by atoms with van der Waals surface area (Å²) in [5.41, 5.74) is 1.66. The van der Waals surface area contributed by atoms with Gasteiger partial charge in [0.05, 0.1) is 12.8 Å². The molecule has 1 amide bonds. The van der Waals surface area contributed by atoms with Crippen molar-refractivity contribution in [3.8, 4) is 0 Å². The first-order chi connectivity index (χ1) is 10.6. The third-order valence-electron chi connectivity index (χ3n) is 2.43. The molecule has 0 aliphatic heterocycles. The molecule has 9 nitrogen and oxygen atoms in total. The van der Waals surface area contributed by atoms with Crippen LogP contribution in [0, 0.1) is 0 Å². The zero-order chi connectivity index (χ0) is 15.9. The standard InChI is InChI=1S/C12H11BrN6O3/c13-8-4-2-1-3-7(8)5-15-17-9(20)6-14-10-11(21)16-12(22)19-18-10/h1-5H,6H2,(H,14,18)(H,17,20)(H2,16,19,21,22)/b15-5-. The van der Waals surface area contributed by atoms with E-state index in [1.165, 1.54) is 6.21 Å². The summed E-state index contributed by atoms with van der Waals surface area (Å²) in [5, 5.41) is 11.8. The van der Waals surface area contributed by atoms with E-state index in [0.717, 1.165) is 10.0 Å². The summed E-state index contributed by atoms with van der Waals surface area (Å²) in [6.45, 7) is -0.227. The minimum atomic E-state index is -0.724. The van der Waals surface area contributed by atoms with Crippen molar-refractivity contribution in [2.45, 2.75) is 0 Å². The Morgan fingerprint density at radius 3 is 2.86 bits per heavy atom. The number of carbonyl (C=O) groups is 1. The second-order valence-electron chi connectivity index (χ2n) is 4.02. The third kappa shape index (κ3) is 4.38. The molecule has 1 heterocycles. The van der Waals surface area contributed by atoms with E-state index >= 15 is 0 Å². The summed E-state index contributed by atoms with van der Waals surface area (Å²) in [5.74, 6) is -0.639. The van der Waals surface area contributed by atoms with Crippen LogP contribution in [-0.2, 0) is 4.79 Å². The van der Waals surface area contributed by atoms with E-state index in [2.05, 4.69) is 36.9 Å². The number of aromatic nitrogens is 3. The van der Waals surface area contributed by atoms with Gasteiger partial charge >= 0.3 is 5.69 Å². The van der Waals surface area contributed by atoms with Gasteiger partial charge in [0.2, 0.25) is 5.82 Å². The number of hydrazone groups is 1. The molecule has 0 saturated heterocycles. The Hall–Kier alpha value is -2.75. The molecule has 1 aromatic heterocycles. The fourth-order valence-corrected chi connectivity index (χ4v) is 1.81. The van der Waals surface area contributed by atoms with Gasteiger partial charge in [-0.25, -0.2) is 15.3 Å². The largest absolute Gasteiger partial charge is 0.355 e. The van der Waals surface area contributed by atoms with Gasteiger partial charge in [0, 0.05) is 10.0 Å². The van der Waals surface area contributed by atoms with Gasteiger partial charge in [-0.1, -0.05) is 34.1 Å². The van der Waals surface area contributed by atoms with Crippen molar-refractivity contribution in [2.75, 3.05) is 11.9 Å². The molecule has 0 aliphatic rings. The first kappa shape index (κ1) is 15.6. The molecule has 0 atom stereocenters. The van der Waals surface area contributed by atoms with Crippen LogP contribution < -0.4 is 22.0 Å². The van der Waals surface area contributed by atoms with Crippen molar-refractivity contribution in [3.05, 3.63) is 55.1 Å². The van der Waals surface area contributed by atoms with Crippen LogP contribution in [-0.4, -0.2) is 33.8 Å². The van der Waals surface area contributed by atoms with Crippen molar-refractivity contribution in [2.24, 2.45) is 5.10 Å². The molecule has 0 aliphatic carbocycles. The Morgan fingerprint density at radius 1 is 1.36 bits per heavy atom. The van der Waals surface area contributed by atoms with E-state index in [1.807, 2.05) is 34.3 Å². The van der Waals surface area contributed by atoms with Crippen molar-refractivity contribution in [1.82, 2.24) is 20.6 Å². The molecule has 10 heteroatoms. The highest BCUT2D eigenvalue weighted by Gasteiger charge is 2.04. The average Bonchev–Trinajstić information content (AvgIpc) is 2.48. The number of halogens is 1. The van der Waals surface area contributed by atoms with Crippen molar-refractivity contribution < 1.29 is 4.79 Å². The number of benzene rings is 1. The topological polar surface area (TPSA) is 132 Å². The van der Waals surface area contributed by atoms with Crippen molar-refractivity contribution in [1.29, 1.82) is 0 Å². The van der Waals surface area contributed by atoms with Crippen LogP contribution in [0.5, 0.6) is 0 Å². The lowest BCUT2D eigenvalue weighted by Crippen LogP contribution is -2.31. The van der Waals surface area contributed by atoms with Gasteiger partial charge < -0.3 is 5.32 Å². The number of H-pyrrole nitrogens is 2. The Balaban J connectivity index is 1.87. The highest BCUT2D eigenvalue weighted by Crippen LogP contribution is 2.13. The molecule has 4 N–H and O–H groups in total. The molecule has 22 heavy (non-hydrogen) atoms. The van der Waals surface area contributed by atoms with E-state index in [-0.39, 0.29) is 12.4 Å². The Kier molecular flexibility index (Phi) is 5.20. The van der Waals surface area contributed by atoms with Crippen LogP contribution >= 0.6 is 15.9 Å². The maximum absolute atomic E-state index is 11.6. The summed E-state index contributed by atoms with van der Waals surface area (Å²) in [6, 6.07) is 7.36. The number of aromatic amines is 2. The lowest BCUT2D eigenvalue weighted by molar-refractivity contribution is -0.119. The first-order valence-corrected chi connectivity index (χ1v) is 6.85. The maximum Gasteiger partial charge on any atom is 0.342 e. The van der Waals surface area contributed by atoms with Crippen molar-refractivity contribution >= 4 is 33.9 Å². The van der Waals surface area contributed by atoms with Gasteiger partial charge in [0.1, 0.15) is 0 Å². The maximum atomic E-state index is 11.6.